The van der Waals surface area contributed by atoms with Gasteiger partial charge in [-0.05, 0) is 62.2 Å². The Balaban J connectivity index is 1.67. The Morgan fingerprint density at radius 2 is 1.56 bits per heavy atom. The van der Waals surface area contributed by atoms with E-state index in [4.69, 9.17) is 4.74 Å². The first-order chi connectivity index (χ1) is 7.76. The Morgan fingerprint density at radius 1 is 0.938 bits per heavy atom. The van der Waals surface area contributed by atoms with Gasteiger partial charge in [0.15, 0.2) is 0 Å². The molecule has 16 heavy (non-hydrogen) atoms. The molecule has 1 saturated heterocycles. The molecule has 5 aliphatic rings. The Morgan fingerprint density at radius 3 is 2.12 bits per heavy atom. The fraction of sp³-hybridized carbons (Fsp3) is 1.00. The first-order valence-corrected chi connectivity index (χ1v) is 7.08. The molecule has 1 atom stereocenters. The summed E-state index contributed by atoms with van der Waals surface area (Å²) in [5, 5.41) is 9.98. The Bertz CT molecular complexity index is 271. The molecule has 0 aromatic carbocycles. The van der Waals surface area contributed by atoms with Gasteiger partial charge in [-0.1, -0.05) is 0 Å². The molecule has 1 N–H and O–H groups in total. The van der Waals surface area contributed by atoms with Crippen molar-refractivity contribution in [2.24, 2.45) is 23.7 Å². The van der Waals surface area contributed by atoms with Gasteiger partial charge in [0, 0.05) is 13.0 Å². The molecule has 4 saturated carbocycles. The van der Waals surface area contributed by atoms with Crippen LogP contribution in [0.3, 0.4) is 0 Å². The van der Waals surface area contributed by atoms with Crippen LogP contribution < -0.4 is 0 Å². The summed E-state index contributed by atoms with van der Waals surface area (Å²) in [7, 11) is 0. The maximum absolute atomic E-state index is 9.98. The third-order valence-electron chi connectivity index (χ3n) is 5.90. The van der Waals surface area contributed by atoms with E-state index < -0.39 is 0 Å². The molecule has 90 valence electrons. The molecule has 4 aliphatic carbocycles. The minimum atomic E-state index is -0.0914. The van der Waals surface area contributed by atoms with Crippen molar-refractivity contribution in [1.82, 2.24) is 0 Å². The molecule has 2 nitrogen and oxygen atoms in total. The SMILES string of the molecule is O[C@H]1CCOC2(C1)C1CC3CC(C1)CC2C3. The van der Waals surface area contributed by atoms with Crippen LogP contribution in [0.1, 0.15) is 44.9 Å². The summed E-state index contributed by atoms with van der Waals surface area (Å²) >= 11 is 0. The summed E-state index contributed by atoms with van der Waals surface area (Å²) in [5.41, 5.74) is 0.102. The molecule has 0 unspecified atom stereocenters. The Kier molecular flexibility index (Phi) is 2.00. The van der Waals surface area contributed by atoms with Gasteiger partial charge < -0.3 is 9.84 Å². The quantitative estimate of drug-likeness (QED) is 0.681. The van der Waals surface area contributed by atoms with Crippen LogP contribution in [-0.4, -0.2) is 23.4 Å². The van der Waals surface area contributed by atoms with Crippen LogP contribution in [0.4, 0.5) is 0 Å². The van der Waals surface area contributed by atoms with E-state index in [-0.39, 0.29) is 11.7 Å². The fourth-order valence-electron chi connectivity index (χ4n) is 5.47. The minimum absolute atomic E-state index is 0.0914. The van der Waals surface area contributed by atoms with Crippen LogP contribution in [-0.2, 0) is 4.74 Å². The molecule has 0 aromatic heterocycles. The molecule has 5 fully saturated rings. The highest BCUT2D eigenvalue weighted by Gasteiger charge is 2.59. The van der Waals surface area contributed by atoms with E-state index in [1.54, 1.807) is 0 Å². The monoisotopic (exact) mass is 222 g/mol. The zero-order chi connectivity index (χ0) is 10.8. The van der Waals surface area contributed by atoms with Gasteiger partial charge in [-0.3, -0.25) is 0 Å². The smallest absolute Gasteiger partial charge is 0.0763 e. The third-order valence-corrected chi connectivity index (χ3v) is 5.90. The molecule has 0 amide bonds. The lowest BCUT2D eigenvalue weighted by Gasteiger charge is -2.62. The van der Waals surface area contributed by atoms with Gasteiger partial charge in [0.05, 0.1) is 11.7 Å². The first kappa shape index (κ1) is 9.90. The summed E-state index contributed by atoms with van der Waals surface area (Å²) in [6.07, 6.45) is 8.74. The second-order valence-electron chi connectivity index (χ2n) is 6.75. The highest BCUT2D eigenvalue weighted by Crippen LogP contribution is 2.61. The van der Waals surface area contributed by atoms with Crippen LogP contribution in [0.2, 0.25) is 0 Å². The predicted octanol–water partition coefficient (Wildman–Crippen LogP) is 2.35. The van der Waals surface area contributed by atoms with Crippen molar-refractivity contribution in [2.45, 2.75) is 56.7 Å². The van der Waals surface area contributed by atoms with Crippen LogP contribution in [0, 0.1) is 23.7 Å². The van der Waals surface area contributed by atoms with E-state index in [0.29, 0.717) is 0 Å². The maximum atomic E-state index is 9.98. The number of rotatable bonds is 0. The molecule has 0 radical (unpaired) electrons. The van der Waals surface area contributed by atoms with Gasteiger partial charge in [0.1, 0.15) is 0 Å². The first-order valence-electron chi connectivity index (χ1n) is 7.08. The lowest BCUT2D eigenvalue weighted by Crippen LogP contribution is -2.61. The van der Waals surface area contributed by atoms with E-state index in [1.165, 1.54) is 32.1 Å². The number of aliphatic hydroxyl groups excluding tert-OH is 1. The van der Waals surface area contributed by atoms with E-state index in [1.807, 2.05) is 0 Å². The van der Waals surface area contributed by atoms with Crippen LogP contribution >= 0.6 is 0 Å². The predicted molar refractivity (Wildman–Crippen MR) is 61.0 cm³/mol. The zero-order valence-corrected chi connectivity index (χ0v) is 9.90. The highest BCUT2D eigenvalue weighted by atomic mass is 16.5. The van der Waals surface area contributed by atoms with Crippen molar-refractivity contribution in [3.05, 3.63) is 0 Å². The molecular formula is C14H22O2. The van der Waals surface area contributed by atoms with Gasteiger partial charge in [0.25, 0.3) is 0 Å². The van der Waals surface area contributed by atoms with Gasteiger partial charge >= 0.3 is 0 Å². The topological polar surface area (TPSA) is 29.5 Å². The largest absolute Gasteiger partial charge is 0.393 e. The second kappa shape index (κ2) is 3.23. The molecule has 1 spiro atoms. The van der Waals surface area contributed by atoms with E-state index in [2.05, 4.69) is 0 Å². The Labute approximate surface area is 97.4 Å². The van der Waals surface area contributed by atoms with Crippen molar-refractivity contribution < 1.29 is 9.84 Å². The van der Waals surface area contributed by atoms with E-state index in [9.17, 15) is 5.11 Å². The minimum Gasteiger partial charge on any atom is -0.393 e. The van der Waals surface area contributed by atoms with E-state index in [0.717, 1.165) is 43.1 Å². The molecule has 1 heterocycles. The average Bonchev–Trinajstić information content (AvgIpc) is 2.25. The Hall–Kier alpha value is -0.0800. The lowest BCUT2D eigenvalue weighted by molar-refractivity contribution is -0.237. The summed E-state index contributed by atoms with van der Waals surface area (Å²) in [6.45, 7) is 0.795. The van der Waals surface area contributed by atoms with Crippen LogP contribution in [0.25, 0.3) is 0 Å². The molecule has 2 heteroatoms. The standard InChI is InChI=1S/C14H22O2/c15-13-1-2-16-14(8-13)11-4-9-3-10(6-11)7-12(14)5-9/h9-13,15H,1-8H2/t9?,10?,11?,12?,13-,14?/m0/s1. The van der Waals surface area contributed by atoms with Gasteiger partial charge in [0.2, 0.25) is 0 Å². The van der Waals surface area contributed by atoms with Gasteiger partial charge in [-0.25, -0.2) is 0 Å². The van der Waals surface area contributed by atoms with Gasteiger partial charge in [-0.2, -0.15) is 0 Å². The number of hydrogen-bond acceptors (Lipinski definition) is 2. The van der Waals surface area contributed by atoms with Crippen LogP contribution in [0.15, 0.2) is 0 Å². The molecular weight excluding hydrogens is 200 g/mol. The van der Waals surface area contributed by atoms with Crippen molar-refractivity contribution >= 4 is 0 Å². The summed E-state index contributed by atoms with van der Waals surface area (Å²) in [5.74, 6) is 3.55. The highest BCUT2D eigenvalue weighted by molar-refractivity contribution is 5.09. The summed E-state index contributed by atoms with van der Waals surface area (Å²) < 4.78 is 6.25. The van der Waals surface area contributed by atoms with Crippen molar-refractivity contribution in [2.75, 3.05) is 6.61 Å². The fourth-order valence-corrected chi connectivity index (χ4v) is 5.47. The second-order valence-corrected chi connectivity index (χ2v) is 6.75. The maximum Gasteiger partial charge on any atom is 0.0763 e. The molecule has 5 rings (SSSR count). The number of ether oxygens (including phenoxy) is 1. The average molecular weight is 222 g/mol. The van der Waals surface area contributed by atoms with Crippen molar-refractivity contribution in [3.8, 4) is 0 Å². The lowest BCUT2D eigenvalue weighted by atomic mass is 9.48. The normalized spacial score (nSPS) is 59.4. The zero-order valence-electron chi connectivity index (χ0n) is 9.90. The molecule has 1 aliphatic heterocycles. The summed E-state index contributed by atoms with van der Waals surface area (Å²) in [6, 6.07) is 0. The number of hydrogen-bond donors (Lipinski definition) is 1. The molecule has 4 bridgehead atoms. The number of aliphatic hydroxyl groups is 1. The van der Waals surface area contributed by atoms with Gasteiger partial charge in [-0.15, -0.1) is 0 Å². The van der Waals surface area contributed by atoms with Crippen molar-refractivity contribution in [3.63, 3.8) is 0 Å². The molecule has 0 aromatic rings. The third kappa shape index (κ3) is 1.20. The van der Waals surface area contributed by atoms with Crippen molar-refractivity contribution in [1.29, 1.82) is 0 Å². The summed E-state index contributed by atoms with van der Waals surface area (Å²) in [4.78, 5) is 0. The van der Waals surface area contributed by atoms with E-state index >= 15 is 0 Å². The van der Waals surface area contributed by atoms with Crippen LogP contribution in [0.5, 0.6) is 0 Å².